The summed E-state index contributed by atoms with van der Waals surface area (Å²) < 4.78 is 0. The van der Waals surface area contributed by atoms with Crippen molar-refractivity contribution in [2.75, 3.05) is 18.8 Å². The molecule has 2 N–H and O–H groups in total. The van der Waals surface area contributed by atoms with Crippen molar-refractivity contribution in [2.24, 2.45) is 5.92 Å². The lowest BCUT2D eigenvalue weighted by Gasteiger charge is -2.22. The highest BCUT2D eigenvalue weighted by Crippen LogP contribution is 2.19. The molecule has 0 aliphatic carbocycles. The van der Waals surface area contributed by atoms with Gasteiger partial charge in [-0.25, -0.2) is 4.98 Å². The van der Waals surface area contributed by atoms with E-state index >= 15 is 0 Å². The van der Waals surface area contributed by atoms with Crippen LogP contribution >= 0.6 is 11.8 Å². The van der Waals surface area contributed by atoms with E-state index in [1.54, 1.807) is 0 Å². The molecule has 0 bridgehead atoms. The second-order valence-electron chi connectivity index (χ2n) is 3.74. The normalized spacial score (nSPS) is 22.4. The average molecular weight is 211 g/mol. The molecule has 1 saturated heterocycles. The molecule has 78 valence electrons. The van der Waals surface area contributed by atoms with Crippen molar-refractivity contribution >= 4 is 11.8 Å². The van der Waals surface area contributed by atoms with Gasteiger partial charge in [-0.05, 0) is 38.3 Å². The summed E-state index contributed by atoms with van der Waals surface area (Å²) in [5, 5.41) is 4.50. The number of nitrogens with zero attached hydrogens (tertiary/aromatic N) is 1. The highest BCUT2D eigenvalue weighted by atomic mass is 32.2. The maximum atomic E-state index is 4.19. The van der Waals surface area contributed by atoms with E-state index in [-0.39, 0.29) is 0 Å². The minimum atomic E-state index is 0.881. The first-order valence-electron chi connectivity index (χ1n) is 5.28. The van der Waals surface area contributed by atoms with Crippen molar-refractivity contribution in [3.05, 3.63) is 12.4 Å². The summed E-state index contributed by atoms with van der Waals surface area (Å²) in [5.74, 6) is 2.06. The van der Waals surface area contributed by atoms with Gasteiger partial charge in [0.2, 0.25) is 0 Å². The van der Waals surface area contributed by atoms with Crippen LogP contribution in [0.5, 0.6) is 0 Å². The van der Waals surface area contributed by atoms with Gasteiger partial charge in [-0.3, -0.25) is 0 Å². The number of aromatic nitrogens is 2. The zero-order chi connectivity index (χ0) is 9.64. The molecule has 1 aliphatic rings. The third-order valence-corrected chi connectivity index (χ3v) is 3.57. The summed E-state index contributed by atoms with van der Waals surface area (Å²) in [6, 6.07) is 0. The smallest absolute Gasteiger partial charge is 0.165 e. The van der Waals surface area contributed by atoms with Crippen LogP contribution in [-0.4, -0.2) is 28.8 Å². The van der Waals surface area contributed by atoms with Crippen LogP contribution in [0.2, 0.25) is 0 Å². The van der Waals surface area contributed by atoms with Crippen molar-refractivity contribution < 1.29 is 0 Å². The second-order valence-corrected chi connectivity index (χ2v) is 4.83. The first-order valence-corrected chi connectivity index (χ1v) is 6.26. The number of aromatic amines is 1. The Labute approximate surface area is 89.1 Å². The maximum absolute atomic E-state index is 4.19. The Balaban J connectivity index is 1.62. The number of hydrogen-bond donors (Lipinski definition) is 2. The summed E-state index contributed by atoms with van der Waals surface area (Å²) in [6.45, 7) is 2.42. The van der Waals surface area contributed by atoms with Gasteiger partial charge in [-0.15, -0.1) is 0 Å². The number of H-pyrrole nitrogens is 1. The number of nitrogens with one attached hydrogen (secondary N) is 2. The molecular weight excluding hydrogens is 194 g/mol. The molecule has 3 nitrogen and oxygen atoms in total. The van der Waals surface area contributed by atoms with E-state index in [1.807, 2.05) is 24.2 Å². The predicted molar refractivity (Wildman–Crippen MR) is 59.5 cm³/mol. The minimum Gasteiger partial charge on any atom is -0.340 e. The van der Waals surface area contributed by atoms with Crippen molar-refractivity contribution in [1.29, 1.82) is 0 Å². The fourth-order valence-corrected chi connectivity index (χ4v) is 2.75. The summed E-state index contributed by atoms with van der Waals surface area (Å²) in [5.41, 5.74) is 0. The van der Waals surface area contributed by atoms with Gasteiger partial charge in [-0.1, -0.05) is 11.8 Å². The molecule has 0 saturated carbocycles. The monoisotopic (exact) mass is 211 g/mol. The van der Waals surface area contributed by atoms with E-state index in [4.69, 9.17) is 0 Å². The van der Waals surface area contributed by atoms with Crippen LogP contribution in [0.1, 0.15) is 19.3 Å². The van der Waals surface area contributed by atoms with Gasteiger partial charge in [-0.2, -0.15) is 0 Å². The van der Waals surface area contributed by atoms with Gasteiger partial charge in [0.15, 0.2) is 5.16 Å². The van der Waals surface area contributed by atoms with Crippen LogP contribution in [0.25, 0.3) is 0 Å². The number of rotatable bonds is 4. The maximum Gasteiger partial charge on any atom is 0.165 e. The fraction of sp³-hybridized carbons (Fsp3) is 0.700. The Morgan fingerprint density at radius 2 is 2.57 bits per heavy atom. The van der Waals surface area contributed by atoms with Crippen LogP contribution in [0.4, 0.5) is 0 Å². The molecule has 0 amide bonds. The predicted octanol–water partition coefficient (Wildman–Crippen LogP) is 1.89. The van der Waals surface area contributed by atoms with Crippen LogP contribution in [-0.2, 0) is 0 Å². The van der Waals surface area contributed by atoms with E-state index in [9.17, 15) is 0 Å². The topological polar surface area (TPSA) is 40.7 Å². The lowest BCUT2D eigenvalue weighted by atomic mass is 9.97. The van der Waals surface area contributed by atoms with Gasteiger partial charge in [0, 0.05) is 18.1 Å². The van der Waals surface area contributed by atoms with Gasteiger partial charge in [0.05, 0.1) is 0 Å². The molecule has 1 aliphatic heterocycles. The molecule has 4 heteroatoms. The molecule has 0 aromatic carbocycles. The van der Waals surface area contributed by atoms with Crippen LogP contribution < -0.4 is 5.32 Å². The minimum absolute atomic E-state index is 0.881. The van der Waals surface area contributed by atoms with Crippen molar-refractivity contribution in [3.63, 3.8) is 0 Å². The Hall–Kier alpha value is -0.480. The lowest BCUT2D eigenvalue weighted by molar-refractivity contribution is 0.371. The summed E-state index contributed by atoms with van der Waals surface area (Å²) in [6.07, 6.45) is 7.73. The zero-order valence-corrected chi connectivity index (χ0v) is 9.15. The number of hydrogen-bond acceptors (Lipinski definition) is 3. The Morgan fingerprint density at radius 1 is 1.57 bits per heavy atom. The van der Waals surface area contributed by atoms with Gasteiger partial charge in [0.1, 0.15) is 0 Å². The highest BCUT2D eigenvalue weighted by Gasteiger charge is 2.12. The van der Waals surface area contributed by atoms with Crippen LogP contribution in [0.15, 0.2) is 17.6 Å². The second kappa shape index (κ2) is 5.41. The zero-order valence-electron chi connectivity index (χ0n) is 8.33. The molecule has 0 spiro atoms. The molecule has 1 aromatic rings. The molecular formula is C10H17N3S. The quantitative estimate of drug-likeness (QED) is 0.747. The molecule has 1 aromatic heterocycles. The largest absolute Gasteiger partial charge is 0.340 e. The Bertz CT molecular complexity index is 242. The first kappa shape index (κ1) is 10.1. The third-order valence-electron chi connectivity index (χ3n) is 2.64. The van der Waals surface area contributed by atoms with Gasteiger partial charge < -0.3 is 10.3 Å². The SMILES string of the molecule is c1c[nH]c(SCCC2CCCNC2)n1. The average Bonchev–Trinajstić information content (AvgIpc) is 2.72. The molecule has 14 heavy (non-hydrogen) atoms. The number of piperidine rings is 1. The number of thioether (sulfide) groups is 1. The highest BCUT2D eigenvalue weighted by molar-refractivity contribution is 7.99. The molecule has 2 heterocycles. The molecule has 1 unspecified atom stereocenters. The summed E-state index contributed by atoms with van der Waals surface area (Å²) >= 11 is 1.83. The van der Waals surface area contributed by atoms with Crippen molar-refractivity contribution in [3.8, 4) is 0 Å². The molecule has 1 atom stereocenters. The summed E-state index contributed by atoms with van der Waals surface area (Å²) in [4.78, 5) is 7.30. The van der Waals surface area contributed by atoms with Crippen molar-refractivity contribution in [2.45, 2.75) is 24.4 Å². The van der Waals surface area contributed by atoms with Crippen molar-refractivity contribution in [1.82, 2.24) is 15.3 Å². The lowest BCUT2D eigenvalue weighted by Crippen LogP contribution is -2.29. The van der Waals surface area contributed by atoms with E-state index in [0.717, 1.165) is 11.1 Å². The Morgan fingerprint density at radius 3 is 3.29 bits per heavy atom. The Kier molecular flexibility index (Phi) is 3.89. The summed E-state index contributed by atoms with van der Waals surface area (Å²) in [7, 11) is 0. The van der Waals surface area contributed by atoms with E-state index in [1.165, 1.54) is 38.1 Å². The third kappa shape index (κ3) is 3.03. The number of imidazole rings is 1. The molecule has 2 rings (SSSR count). The van der Waals surface area contributed by atoms with Crippen LogP contribution in [0.3, 0.4) is 0 Å². The van der Waals surface area contributed by atoms with E-state index < -0.39 is 0 Å². The van der Waals surface area contributed by atoms with Gasteiger partial charge >= 0.3 is 0 Å². The fourth-order valence-electron chi connectivity index (χ4n) is 1.82. The molecule has 0 radical (unpaired) electrons. The van der Waals surface area contributed by atoms with E-state index in [2.05, 4.69) is 15.3 Å². The standard InChI is InChI=1S/C10H17N3S/c1-2-9(8-11-4-1)3-7-14-10-12-5-6-13-10/h5-6,9,11H,1-4,7-8H2,(H,12,13). The van der Waals surface area contributed by atoms with Crippen LogP contribution in [0, 0.1) is 5.92 Å². The van der Waals surface area contributed by atoms with E-state index in [0.29, 0.717) is 0 Å². The first-order chi connectivity index (χ1) is 6.95. The van der Waals surface area contributed by atoms with Gasteiger partial charge in [0.25, 0.3) is 0 Å². The molecule has 1 fully saturated rings.